The number of carbonyl (C=O) groups excluding carboxylic acids is 3. The Balaban J connectivity index is 1.22. The Morgan fingerprint density at radius 2 is 1.60 bits per heavy atom. The molecule has 1 unspecified atom stereocenters. The average molecular weight is 734 g/mol. The maximum absolute atomic E-state index is 14.0. The largest absolute Gasteiger partial charge is 0.504 e. The number of benzene rings is 1. The number of ether oxygens (including phenoxy) is 1. The van der Waals surface area contributed by atoms with Crippen molar-refractivity contribution in [2.24, 2.45) is 33.0 Å². The molecular formula is C42H56NO8P. The van der Waals surface area contributed by atoms with Gasteiger partial charge >= 0.3 is 13.6 Å². The Morgan fingerprint density at radius 1 is 0.942 bits per heavy atom. The number of rotatable bonds is 10. The Morgan fingerprint density at radius 3 is 2.25 bits per heavy atom. The van der Waals surface area contributed by atoms with Gasteiger partial charge in [0.2, 0.25) is 5.78 Å². The van der Waals surface area contributed by atoms with Crippen LogP contribution < -0.4 is 5.32 Å². The van der Waals surface area contributed by atoms with Crippen molar-refractivity contribution in [1.29, 1.82) is 0 Å². The number of amides is 1. The zero-order valence-electron chi connectivity index (χ0n) is 32.1. The number of ketones is 1. The van der Waals surface area contributed by atoms with Crippen molar-refractivity contribution in [3.8, 4) is 0 Å². The van der Waals surface area contributed by atoms with Gasteiger partial charge in [0.1, 0.15) is 0 Å². The molecule has 5 aliphatic carbocycles. The number of hydrogen-bond donors (Lipinski definition) is 2. The van der Waals surface area contributed by atoms with Crippen LogP contribution in [-0.2, 0) is 32.7 Å². The first-order valence-corrected chi connectivity index (χ1v) is 20.5. The molecule has 0 aliphatic heterocycles. The highest BCUT2D eigenvalue weighted by Gasteiger charge is 2.67. The van der Waals surface area contributed by atoms with Crippen LogP contribution in [0.1, 0.15) is 112 Å². The zero-order chi connectivity index (χ0) is 37.9. The van der Waals surface area contributed by atoms with Gasteiger partial charge in [0.05, 0.1) is 18.6 Å². The van der Waals surface area contributed by atoms with Gasteiger partial charge in [-0.25, -0.2) is 0 Å². The summed E-state index contributed by atoms with van der Waals surface area (Å²) in [5, 5.41) is 13.3. The quantitative estimate of drug-likeness (QED) is 0.180. The maximum Gasteiger partial charge on any atom is 0.357 e. The number of allylic oxidation sites excluding steroid dienone is 7. The molecule has 0 heterocycles. The van der Waals surface area contributed by atoms with Crippen molar-refractivity contribution in [3.05, 3.63) is 82.2 Å². The molecule has 52 heavy (non-hydrogen) atoms. The lowest BCUT2D eigenvalue weighted by molar-refractivity contribution is -0.183. The smallest absolute Gasteiger partial charge is 0.357 e. The predicted molar refractivity (Wildman–Crippen MR) is 200 cm³/mol. The lowest BCUT2D eigenvalue weighted by atomic mass is 9.34. The SMILES string of the molecule is CCOP(=O)(OCC)C(NC(=O)COC(=O)[C@]1(C)CC[C@]2(C)CC[C@]3(C)C4=CC=C5C(=CC(=O)C(O)=C5C)[C@]4(C)CC[C@@]3(C)[C@@H]2C1)c1ccccc1. The van der Waals surface area contributed by atoms with E-state index in [2.05, 4.69) is 45.2 Å². The zero-order valence-corrected chi connectivity index (χ0v) is 33.0. The summed E-state index contributed by atoms with van der Waals surface area (Å²) in [4.78, 5) is 40.3. The van der Waals surface area contributed by atoms with Crippen LogP contribution >= 0.6 is 7.60 Å². The normalized spacial score (nSPS) is 34.7. The number of hydrogen-bond acceptors (Lipinski definition) is 8. The van der Waals surface area contributed by atoms with Gasteiger partial charge in [0.25, 0.3) is 5.91 Å². The van der Waals surface area contributed by atoms with Crippen LogP contribution in [0, 0.1) is 33.0 Å². The van der Waals surface area contributed by atoms with Gasteiger partial charge in [-0.15, -0.1) is 0 Å². The Bertz CT molecular complexity index is 1820. The Kier molecular flexibility index (Phi) is 10.0. The van der Waals surface area contributed by atoms with Gasteiger partial charge < -0.3 is 24.2 Å². The summed E-state index contributed by atoms with van der Waals surface area (Å²) in [5.74, 6) is -2.32. The molecule has 0 aromatic heterocycles. The van der Waals surface area contributed by atoms with E-state index in [4.69, 9.17) is 13.8 Å². The minimum Gasteiger partial charge on any atom is -0.504 e. The number of esters is 1. The van der Waals surface area contributed by atoms with Crippen LogP contribution in [0.4, 0.5) is 0 Å². The molecule has 9 nitrogen and oxygen atoms in total. The highest BCUT2D eigenvalue weighted by molar-refractivity contribution is 7.54. The number of fused-ring (bicyclic) bond motifs is 7. The lowest BCUT2D eigenvalue weighted by Gasteiger charge is -2.70. The number of aliphatic hydroxyl groups is 1. The summed E-state index contributed by atoms with van der Waals surface area (Å²) in [6.45, 7) is 16.4. The highest BCUT2D eigenvalue weighted by Crippen LogP contribution is 2.75. The fourth-order valence-corrected chi connectivity index (χ4v) is 12.6. The van der Waals surface area contributed by atoms with Gasteiger partial charge in [-0.3, -0.25) is 18.9 Å². The third-order valence-corrected chi connectivity index (χ3v) is 16.3. The van der Waals surface area contributed by atoms with E-state index in [0.717, 1.165) is 43.3 Å². The molecule has 3 saturated carbocycles. The summed E-state index contributed by atoms with van der Waals surface area (Å²) in [6, 6.07) is 8.90. The van der Waals surface area contributed by atoms with Crippen molar-refractivity contribution in [1.82, 2.24) is 5.32 Å². The molecule has 2 N–H and O–H groups in total. The molecule has 7 atom stereocenters. The van der Waals surface area contributed by atoms with E-state index in [0.29, 0.717) is 24.0 Å². The number of aliphatic hydroxyl groups excluding tert-OH is 1. The molecule has 1 aromatic rings. The molecule has 10 heteroatoms. The molecule has 5 aliphatic rings. The minimum absolute atomic E-state index is 0.0448. The fraction of sp³-hybridized carbons (Fsp3) is 0.595. The van der Waals surface area contributed by atoms with Crippen LogP contribution in [0.2, 0.25) is 0 Å². The first-order valence-electron chi connectivity index (χ1n) is 18.9. The van der Waals surface area contributed by atoms with E-state index in [1.54, 1.807) is 44.2 Å². The van der Waals surface area contributed by atoms with Crippen LogP contribution in [0.25, 0.3) is 0 Å². The molecule has 0 saturated heterocycles. The molecule has 1 amide bonds. The van der Waals surface area contributed by atoms with E-state index in [1.807, 2.05) is 19.9 Å². The van der Waals surface area contributed by atoms with Crippen molar-refractivity contribution >= 4 is 25.3 Å². The van der Waals surface area contributed by atoms with Crippen molar-refractivity contribution < 1.29 is 37.8 Å². The Labute approximate surface area is 308 Å². The molecule has 6 rings (SSSR count). The van der Waals surface area contributed by atoms with Crippen LogP contribution in [-0.4, -0.2) is 42.6 Å². The van der Waals surface area contributed by atoms with Crippen LogP contribution in [0.5, 0.6) is 0 Å². The number of carbonyl (C=O) groups is 3. The van der Waals surface area contributed by atoms with Gasteiger partial charge in [-0.05, 0) is 118 Å². The summed E-state index contributed by atoms with van der Waals surface area (Å²) in [7, 11) is -3.79. The molecule has 0 spiro atoms. The molecule has 282 valence electrons. The molecular weight excluding hydrogens is 677 g/mol. The fourth-order valence-electron chi connectivity index (χ4n) is 10.7. The lowest BCUT2D eigenvalue weighted by Crippen LogP contribution is -2.62. The van der Waals surface area contributed by atoms with Crippen molar-refractivity contribution in [2.45, 2.75) is 106 Å². The summed E-state index contributed by atoms with van der Waals surface area (Å²) >= 11 is 0. The minimum atomic E-state index is -3.79. The molecule has 0 radical (unpaired) electrons. The average Bonchev–Trinajstić information content (AvgIpc) is 3.11. The first kappa shape index (κ1) is 38.5. The van der Waals surface area contributed by atoms with Crippen LogP contribution in [0.15, 0.2) is 76.6 Å². The summed E-state index contributed by atoms with van der Waals surface area (Å²) < 4.78 is 30.8. The van der Waals surface area contributed by atoms with Gasteiger partial charge in [-0.1, -0.05) is 75.8 Å². The van der Waals surface area contributed by atoms with Crippen molar-refractivity contribution in [2.75, 3.05) is 19.8 Å². The topological polar surface area (TPSA) is 128 Å². The molecule has 3 fully saturated rings. The van der Waals surface area contributed by atoms with E-state index in [9.17, 15) is 24.1 Å². The van der Waals surface area contributed by atoms with Gasteiger partial charge in [0, 0.05) is 11.0 Å². The van der Waals surface area contributed by atoms with E-state index < -0.39 is 37.3 Å². The summed E-state index contributed by atoms with van der Waals surface area (Å²) in [6.07, 6.45) is 12.0. The van der Waals surface area contributed by atoms with Crippen molar-refractivity contribution in [3.63, 3.8) is 0 Å². The van der Waals surface area contributed by atoms with Gasteiger partial charge in [-0.2, -0.15) is 0 Å². The first-order chi connectivity index (χ1) is 24.4. The summed E-state index contributed by atoms with van der Waals surface area (Å²) in [5.41, 5.74) is 3.10. The molecule has 1 aromatic carbocycles. The maximum atomic E-state index is 14.0. The highest BCUT2D eigenvalue weighted by atomic mass is 31.2. The van der Waals surface area contributed by atoms with Gasteiger partial charge in [0.15, 0.2) is 18.1 Å². The standard InChI is InChI=1S/C42H56NO8P/c1-9-50-52(48,51-10-2)36(28-14-12-11-13-15-28)43-34(45)26-49-37(47)39(5)19-18-38(4)20-22-41(7)32-17-16-29-27(3)35(46)31(44)24-30(29)40(32,6)21-23-42(41,8)33(38)25-39/h11-17,24,33,36,46H,9-10,18-23,25-26H2,1-8H3,(H,43,45)/t33-,36?,38-,39-,40+,41-,42+/m1/s1. The third kappa shape index (κ3) is 5.99. The Hall–Kier alpha value is -3.26. The third-order valence-electron chi connectivity index (χ3n) is 14.0. The second kappa shape index (κ2) is 13.5. The van der Waals surface area contributed by atoms with E-state index in [-0.39, 0.29) is 52.3 Å². The number of nitrogens with one attached hydrogen (secondary N) is 1. The predicted octanol–water partition coefficient (Wildman–Crippen LogP) is 9.24. The van der Waals surface area contributed by atoms with Crippen LogP contribution in [0.3, 0.4) is 0 Å². The van der Waals surface area contributed by atoms with E-state index in [1.165, 1.54) is 5.57 Å². The molecule has 0 bridgehead atoms. The second-order valence-corrected chi connectivity index (χ2v) is 19.1. The monoisotopic (exact) mass is 733 g/mol. The van der Waals surface area contributed by atoms with E-state index >= 15 is 0 Å². The second-order valence-electron chi connectivity index (χ2n) is 16.9.